The minimum atomic E-state index is -3.29. The van der Waals surface area contributed by atoms with Gasteiger partial charge in [0.05, 0.1) is 5.75 Å². The molecule has 0 aliphatic heterocycles. The van der Waals surface area contributed by atoms with Crippen LogP contribution >= 0.6 is 0 Å². The van der Waals surface area contributed by atoms with Crippen LogP contribution in [0.25, 0.3) is 0 Å². The van der Waals surface area contributed by atoms with Crippen molar-refractivity contribution in [3.05, 3.63) is 0 Å². The highest BCUT2D eigenvalue weighted by molar-refractivity contribution is 7.89. The molecule has 0 aliphatic rings. The first kappa shape index (κ1) is 12.9. The Morgan fingerprint density at radius 1 is 1.08 bits per heavy atom. The van der Waals surface area contributed by atoms with E-state index >= 15 is 0 Å². The highest BCUT2D eigenvalue weighted by Gasteiger charge is 2.25. The predicted molar refractivity (Wildman–Crippen MR) is 55.9 cm³/mol. The first-order chi connectivity index (χ1) is 5.89. The summed E-state index contributed by atoms with van der Waals surface area (Å²) in [7, 11) is -3.29. The topological polar surface area (TPSA) is 60.2 Å². The molecule has 0 amide bonds. The third-order valence-corrected chi connectivity index (χ3v) is 3.94. The number of hydrogen-bond acceptors (Lipinski definition) is 2. The first-order valence-corrected chi connectivity index (χ1v) is 6.61. The summed E-state index contributed by atoms with van der Waals surface area (Å²) in [4.78, 5) is 0. The van der Waals surface area contributed by atoms with E-state index in [0.717, 1.165) is 19.3 Å². The number of rotatable bonds is 6. The van der Waals surface area contributed by atoms with Gasteiger partial charge in [0.2, 0.25) is 10.0 Å². The maximum Gasteiger partial charge on any atom is 0.209 e. The van der Waals surface area contributed by atoms with Crippen LogP contribution in [0.2, 0.25) is 0 Å². The van der Waals surface area contributed by atoms with Crippen molar-refractivity contribution < 1.29 is 8.42 Å². The van der Waals surface area contributed by atoms with Gasteiger partial charge in [0, 0.05) is 0 Å². The smallest absolute Gasteiger partial charge is 0.209 e. The summed E-state index contributed by atoms with van der Waals surface area (Å²) >= 11 is 0. The van der Waals surface area contributed by atoms with E-state index in [1.807, 2.05) is 0 Å². The Balaban J connectivity index is 4.27. The fourth-order valence-electron chi connectivity index (χ4n) is 1.64. The summed E-state index contributed by atoms with van der Waals surface area (Å²) in [5, 5.41) is 4.98. The molecule has 80 valence electrons. The number of primary sulfonamides is 1. The van der Waals surface area contributed by atoms with Crippen molar-refractivity contribution in [2.75, 3.05) is 5.75 Å². The van der Waals surface area contributed by atoms with Gasteiger partial charge in [0.15, 0.2) is 0 Å². The molecule has 13 heavy (non-hydrogen) atoms. The molecule has 0 saturated carbocycles. The standard InChI is InChI=1S/C9H21NO2S/c1-4-9(5-2,6-3)7-8-13(10,11)12/h4-8H2,1-3H3,(H2,10,11,12). The predicted octanol–water partition coefficient (Wildman–Crippen LogP) is 1.88. The lowest BCUT2D eigenvalue weighted by molar-refractivity contribution is 0.241. The second-order valence-electron chi connectivity index (χ2n) is 3.68. The van der Waals surface area contributed by atoms with Crippen LogP contribution < -0.4 is 5.14 Å². The summed E-state index contributed by atoms with van der Waals surface area (Å²) in [5.41, 5.74) is 0.173. The Bertz CT molecular complexity index is 222. The van der Waals surface area contributed by atoms with Gasteiger partial charge in [-0.05, 0) is 11.8 Å². The average molecular weight is 207 g/mol. The van der Waals surface area contributed by atoms with Crippen LogP contribution in [0.1, 0.15) is 46.5 Å². The van der Waals surface area contributed by atoms with Crippen LogP contribution in [0.15, 0.2) is 0 Å². The van der Waals surface area contributed by atoms with Gasteiger partial charge < -0.3 is 0 Å². The first-order valence-electron chi connectivity index (χ1n) is 4.89. The zero-order chi connectivity index (χ0) is 10.5. The summed E-state index contributed by atoms with van der Waals surface area (Å²) in [5.74, 6) is 0.114. The quantitative estimate of drug-likeness (QED) is 0.723. The fraction of sp³-hybridized carbons (Fsp3) is 1.00. The Morgan fingerprint density at radius 2 is 1.46 bits per heavy atom. The fourth-order valence-corrected chi connectivity index (χ4v) is 2.36. The van der Waals surface area contributed by atoms with Crippen LogP contribution in [-0.4, -0.2) is 14.2 Å². The summed E-state index contributed by atoms with van der Waals surface area (Å²) in [6, 6.07) is 0. The molecule has 0 aromatic rings. The lowest BCUT2D eigenvalue weighted by Crippen LogP contribution is -2.25. The summed E-state index contributed by atoms with van der Waals surface area (Å²) < 4.78 is 21.6. The van der Waals surface area contributed by atoms with E-state index in [0.29, 0.717) is 6.42 Å². The lowest BCUT2D eigenvalue weighted by Gasteiger charge is -2.29. The number of hydrogen-bond donors (Lipinski definition) is 1. The Kier molecular flexibility index (Phi) is 4.92. The molecule has 0 aromatic heterocycles. The molecule has 0 rings (SSSR count). The minimum absolute atomic E-state index is 0.114. The van der Waals surface area contributed by atoms with Crippen molar-refractivity contribution in [3.63, 3.8) is 0 Å². The normalized spacial score (nSPS) is 13.2. The molecular formula is C9H21NO2S. The second-order valence-corrected chi connectivity index (χ2v) is 5.41. The number of nitrogens with two attached hydrogens (primary N) is 1. The van der Waals surface area contributed by atoms with E-state index in [1.54, 1.807) is 0 Å². The van der Waals surface area contributed by atoms with E-state index in [1.165, 1.54) is 0 Å². The molecule has 0 unspecified atom stereocenters. The molecule has 3 nitrogen and oxygen atoms in total. The van der Waals surface area contributed by atoms with Gasteiger partial charge in [0.25, 0.3) is 0 Å². The van der Waals surface area contributed by atoms with Crippen molar-refractivity contribution >= 4 is 10.0 Å². The van der Waals surface area contributed by atoms with Crippen LogP contribution in [-0.2, 0) is 10.0 Å². The van der Waals surface area contributed by atoms with Gasteiger partial charge in [-0.1, -0.05) is 40.0 Å². The molecule has 0 radical (unpaired) electrons. The minimum Gasteiger partial charge on any atom is -0.229 e. The number of sulfonamides is 1. The van der Waals surface area contributed by atoms with Crippen molar-refractivity contribution in [2.45, 2.75) is 46.5 Å². The van der Waals surface area contributed by atoms with E-state index in [-0.39, 0.29) is 11.2 Å². The molecule has 0 aromatic carbocycles. The molecule has 0 saturated heterocycles. The maximum absolute atomic E-state index is 10.8. The monoisotopic (exact) mass is 207 g/mol. The molecule has 0 atom stereocenters. The molecule has 0 fully saturated rings. The van der Waals surface area contributed by atoms with Gasteiger partial charge in [0.1, 0.15) is 0 Å². The largest absolute Gasteiger partial charge is 0.229 e. The molecule has 0 spiro atoms. The summed E-state index contributed by atoms with van der Waals surface area (Å²) in [6.07, 6.45) is 3.76. The van der Waals surface area contributed by atoms with Gasteiger partial charge in [-0.2, -0.15) is 0 Å². The van der Waals surface area contributed by atoms with E-state index < -0.39 is 10.0 Å². The SMILES string of the molecule is CCC(CC)(CC)CCS(N)(=O)=O. The van der Waals surface area contributed by atoms with Gasteiger partial charge in [-0.15, -0.1) is 0 Å². The molecular weight excluding hydrogens is 186 g/mol. The van der Waals surface area contributed by atoms with Crippen molar-refractivity contribution in [1.82, 2.24) is 0 Å². The van der Waals surface area contributed by atoms with Gasteiger partial charge >= 0.3 is 0 Å². The molecule has 0 heterocycles. The van der Waals surface area contributed by atoms with Crippen LogP contribution in [0.5, 0.6) is 0 Å². The highest BCUT2D eigenvalue weighted by Crippen LogP contribution is 2.34. The van der Waals surface area contributed by atoms with E-state index in [4.69, 9.17) is 5.14 Å². The van der Waals surface area contributed by atoms with E-state index in [9.17, 15) is 8.42 Å². The van der Waals surface area contributed by atoms with Crippen molar-refractivity contribution in [2.24, 2.45) is 10.6 Å². The van der Waals surface area contributed by atoms with Gasteiger partial charge in [-0.25, -0.2) is 13.6 Å². The Morgan fingerprint density at radius 3 is 1.69 bits per heavy atom. The van der Waals surface area contributed by atoms with Crippen LogP contribution in [0.3, 0.4) is 0 Å². The van der Waals surface area contributed by atoms with Crippen LogP contribution in [0.4, 0.5) is 0 Å². The highest BCUT2D eigenvalue weighted by atomic mass is 32.2. The molecule has 4 heteroatoms. The molecule has 0 aliphatic carbocycles. The maximum atomic E-state index is 10.8. The van der Waals surface area contributed by atoms with Crippen LogP contribution in [0, 0.1) is 5.41 Å². The molecule has 2 N–H and O–H groups in total. The zero-order valence-corrected chi connectivity index (χ0v) is 9.65. The van der Waals surface area contributed by atoms with Gasteiger partial charge in [-0.3, -0.25) is 0 Å². The second kappa shape index (κ2) is 4.96. The lowest BCUT2D eigenvalue weighted by atomic mass is 9.78. The Labute approximate surface area is 81.8 Å². The van der Waals surface area contributed by atoms with Crippen molar-refractivity contribution in [1.29, 1.82) is 0 Å². The Hall–Kier alpha value is -0.0900. The zero-order valence-electron chi connectivity index (χ0n) is 8.84. The third-order valence-electron chi connectivity index (χ3n) is 3.17. The summed E-state index contributed by atoms with van der Waals surface area (Å²) in [6.45, 7) is 6.32. The average Bonchev–Trinajstić information content (AvgIpc) is 2.06. The molecule has 0 bridgehead atoms. The van der Waals surface area contributed by atoms with E-state index in [2.05, 4.69) is 20.8 Å². The van der Waals surface area contributed by atoms with Crippen molar-refractivity contribution in [3.8, 4) is 0 Å². The third kappa shape index (κ3) is 4.62.